The average molecular weight is 298 g/mol. The van der Waals surface area contributed by atoms with Crippen LogP contribution in [0.5, 0.6) is 0 Å². The SMILES string of the molecule is CC(C)(N)CSCc1noc(-c2ccccc2Cl)n1. The van der Waals surface area contributed by atoms with Gasteiger partial charge >= 0.3 is 0 Å². The Kier molecular flexibility index (Phi) is 4.50. The molecule has 6 heteroatoms. The van der Waals surface area contributed by atoms with Crippen LogP contribution < -0.4 is 5.73 Å². The van der Waals surface area contributed by atoms with Gasteiger partial charge in [-0.05, 0) is 26.0 Å². The Bertz CT molecular complexity index is 551. The summed E-state index contributed by atoms with van der Waals surface area (Å²) >= 11 is 7.77. The van der Waals surface area contributed by atoms with Crippen LogP contribution in [0.1, 0.15) is 19.7 Å². The fraction of sp³-hybridized carbons (Fsp3) is 0.385. The van der Waals surface area contributed by atoms with Crippen molar-refractivity contribution in [3.8, 4) is 11.5 Å². The standard InChI is InChI=1S/C13H16ClN3OS/c1-13(2,15)8-19-7-11-16-12(18-17-11)9-5-3-4-6-10(9)14/h3-6H,7-8,15H2,1-2H3. The second-order valence-electron chi connectivity index (χ2n) is 4.98. The number of hydrogen-bond acceptors (Lipinski definition) is 5. The molecule has 0 fully saturated rings. The van der Waals surface area contributed by atoms with Gasteiger partial charge in [-0.3, -0.25) is 0 Å². The highest BCUT2D eigenvalue weighted by Gasteiger charge is 2.14. The number of benzene rings is 1. The predicted octanol–water partition coefficient (Wildman–Crippen LogP) is 3.36. The maximum atomic E-state index is 6.08. The maximum absolute atomic E-state index is 6.08. The highest BCUT2D eigenvalue weighted by molar-refractivity contribution is 7.98. The molecule has 2 aromatic rings. The first kappa shape index (κ1) is 14.4. The summed E-state index contributed by atoms with van der Waals surface area (Å²) < 4.78 is 5.22. The zero-order chi connectivity index (χ0) is 13.9. The van der Waals surface area contributed by atoms with Gasteiger partial charge in [0.1, 0.15) is 0 Å². The van der Waals surface area contributed by atoms with Gasteiger partial charge < -0.3 is 10.3 Å². The van der Waals surface area contributed by atoms with Crippen molar-refractivity contribution in [2.45, 2.75) is 25.1 Å². The van der Waals surface area contributed by atoms with Crippen LogP contribution >= 0.6 is 23.4 Å². The summed E-state index contributed by atoms with van der Waals surface area (Å²) in [7, 11) is 0. The van der Waals surface area contributed by atoms with Crippen molar-refractivity contribution in [2.24, 2.45) is 5.73 Å². The number of rotatable bonds is 5. The fourth-order valence-electron chi connectivity index (χ4n) is 1.46. The van der Waals surface area contributed by atoms with Crippen molar-refractivity contribution < 1.29 is 4.52 Å². The van der Waals surface area contributed by atoms with E-state index in [4.69, 9.17) is 21.9 Å². The van der Waals surface area contributed by atoms with Gasteiger partial charge in [0.05, 0.1) is 16.3 Å². The highest BCUT2D eigenvalue weighted by atomic mass is 35.5. The topological polar surface area (TPSA) is 64.9 Å². The van der Waals surface area contributed by atoms with Crippen LogP contribution in [0, 0.1) is 0 Å². The Morgan fingerprint density at radius 1 is 1.37 bits per heavy atom. The maximum Gasteiger partial charge on any atom is 0.259 e. The molecule has 2 N–H and O–H groups in total. The van der Waals surface area contributed by atoms with Gasteiger partial charge in [-0.25, -0.2) is 0 Å². The van der Waals surface area contributed by atoms with E-state index in [0.29, 0.717) is 22.5 Å². The molecule has 0 atom stereocenters. The Balaban J connectivity index is 2.02. The van der Waals surface area contributed by atoms with Crippen molar-refractivity contribution in [3.63, 3.8) is 0 Å². The molecule has 0 radical (unpaired) electrons. The minimum absolute atomic E-state index is 0.194. The van der Waals surface area contributed by atoms with E-state index in [9.17, 15) is 0 Å². The molecular weight excluding hydrogens is 282 g/mol. The van der Waals surface area contributed by atoms with E-state index in [-0.39, 0.29) is 5.54 Å². The molecule has 0 amide bonds. The fourth-order valence-corrected chi connectivity index (χ4v) is 2.61. The van der Waals surface area contributed by atoms with Crippen LogP contribution in [0.4, 0.5) is 0 Å². The summed E-state index contributed by atoms with van der Waals surface area (Å²) in [5.74, 6) is 2.62. The molecule has 0 saturated heterocycles. The van der Waals surface area contributed by atoms with Gasteiger partial charge in [-0.2, -0.15) is 16.7 Å². The molecule has 1 aromatic carbocycles. The minimum Gasteiger partial charge on any atom is -0.334 e. The van der Waals surface area contributed by atoms with Gasteiger partial charge in [-0.15, -0.1) is 0 Å². The molecule has 102 valence electrons. The monoisotopic (exact) mass is 297 g/mol. The lowest BCUT2D eigenvalue weighted by Crippen LogP contribution is -2.34. The van der Waals surface area contributed by atoms with Crippen LogP contribution in [0.25, 0.3) is 11.5 Å². The van der Waals surface area contributed by atoms with Crippen LogP contribution in [0.3, 0.4) is 0 Å². The molecule has 0 aliphatic heterocycles. The van der Waals surface area contributed by atoms with Crippen molar-refractivity contribution in [2.75, 3.05) is 5.75 Å². The molecule has 0 unspecified atom stereocenters. The lowest BCUT2D eigenvalue weighted by molar-refractivity contribution is 0.425. The molecular formula is C13H16ClN3OS. The molecule has 19 heavy (non-hydrogen) atoms. The van der Waals surface area contributed by atoms with Gasteiger partial charge in [-0.1, -0.05) is 28.9 Å². The molecule has 0 aliphatic carbocycles. The smallest absolute Gasteiger partial charge is 0.259 e. The normalized spacial score (nSPS) is 11.8. The average Bonchev–Trinajstić information content (AvgIpc) is 2.76. The van der Waals surface area contributed by atoms with Crippen molar-refractivity contribution in [1.29, 1.82) is 0 Å². The third-order valence-corrected chi connectivity index (χ3v) is 4.02. The van der Waals surface area contributed by atoms with Crippen LogP contribution in [0.15, 0.2) is 28.8 Å². The summed E-state index contributed by atoms with van der Waals surface area (Å²) in [4.78, 5) is 4.34. The first-order valence-corrected chi connectivity index (χ1v) is 7.43. The quantitative estimate of drug-likeness (QED) is 0.916. The molecule has 0 spiro atoms. The number of nitrogens with zero attached hydrogens (tertiary/aromatic N) is 2. The Morgan fingerprint density at radius 3 is 2.79 bits per heavy atom. The van der Waals surface area contributed by atoms with Gasteiger partial charge in [0, 0.05) is 11.3 Å². The largest absolute Gasteiger partial charge is 0.334 e. The van der Waals surface area contributed by atoms with E-state index >= 15 is 0 Å². The third kappa shape index (κ3) is 4.23. The number of hydrogen-bond donors (Lipinski definition) is 1. The van der Waals surface area contributed by atoms with Crippen molar-refractivity contribution in [3.05, 3.63) is 35.1 Å². The minimum atomic E-state index is -0.194. The second-order valence-corrected chi connectivity index (χ2v) is 6.37. The van der Waals surface area contributed by atoms with E-state index < -0.39 is 0 Å². The van der Waals surface area contributed by atoms with E-state index in [2.05, 4.69) is 10.1 Å². The first-order valence-electron chi connectivity index (χ1n) is 5.90. The number of aromatic nitrogens is 2. The predicted molar refractivity (Wildman–Crippen MR) is 79.2 cm³/mol. The lowest BCUT2D eigenvalue weighted by atomic mass is 10.1. The van der Waals surface area contributed by atoms with E-state index in [1.807, 2.05) is 32.0 Å². The second kappa shape index (κ2) is 5.94. The Hall–Kier alpha value is -1.04. The van der Waals surface area contributed by atoms with Crippen molar-refractivity contribution >= 4 is 23.4 Å². The zero-order valence-corrected chi connectivity index (χ0v) is 12.5. The molecule has 0 bridgehead atoms. The summed E-state index contributed by atoms with van der Waals surface area (Å²) in [6.45, 7) is 3.98. The lowest BCUT2D eigenvalue weighted by Gasteiger charge is -2.16. The van der Waals surface area contributed by atoms with E-state index in [1.54, 1.807) is 17.8 Å². The van der Waals surface area contributed by atoms with Gasteiger partial charge in [0.2, 0.25) is 0 Å². The Morgan fingerprint density at radius 2 is 2.11 bits per heavy atom. The molecule has 0 aliphatic rings. The van der Waals surface area contributed by atoms with E-state index in [1.165, 1.54) is 0 Å². The summed E-state index contributed by atoms with van der Waals surface area (Å²) in [5.41, 5.74) is 6.48. The third-order valence-electron chi connectivity index (χ3n) is 2.28. The molecule has 1 aromatic heterocycles. The van der Waals surface area contributed by atoms with Gasteiger partial charge in [0.15, 0.2) is 5.82 Å². The Labute approximate surface area is 121 Å². The number of halogens is 1. The van der Waals surface area contributed by atoms with Crippen LogP contribution in [-0.2, 0) is 5.75 Å². The highest BCUT2D eigenvalue weighted by Crippen LogP contribution is 2.26. The molecule has 0 saturated carbocycles. The summed E-state index contributed by atoms with van der Waals surface area (Å²) in [5, 5.41) is 4.55. The van der Waals surface area contributed by atoms with E-state index in [0.717, 1.165) is 11.3 Å². The number of nitrogens with two attached hydrogens (primary N) is 1. The van der Waals surface area contributed by atoms with Crippen LogP contribution in [-0.4, -0.2) is 21.4 Å². The summed E-state index contributed by atoms with van der Waals surface area (Å²) in [6, 6.07) is 7.40. The molecule has 4 nitrogen and oxygen atoms in total. The first-order chi connectivity index (χ1) is 8.96. The number of thioether (sulfide) groups is 1. The van der Waals surface area contributed by atoms with Crippen molar-refractivity contribution in [1.82, 2.24) is 10.1 Å². The molecule has 2 rings (SSSR count). The zero-order valence-electron chi connectivity index (χ0n) is 10.9. The van der Waals surface area contributed by atoms with Gasteiger partial charge in [0.25, 0.3) is 5.89 Å². The summed E-state index contributed by atoms with van der Waals surface area (Å²) in [6.07, 6.45) is 0. The molecule has 1 heterocycles. The van der Waals surface area contributed by atoms with Crippen LogP contribution in [0.2, 0.25) is 5.02 Å².